The van der Waals surface area contributed by atoms with Crippen molar-refractivity contribution in [2.75, 3.05) is 26.2 Å². The molecule has 0 spiro atoms. The lowest BCUT2D eigenvalue weighted by Crippen LogP contribution is -2.47. The molecule has 124 valence electrons. The standard InChI is InChI=1S/C18H25N3O2/c22-17(19-12-14-6-7-14)13-21-10-8-16(9-11-21)20-18(23)15-4-2-1-3-5-15/h1-5,14,16H,6-13H2,(H,19,22)(H,20,23). The highest BCUT2D eigenvalue weighted by Crippen LogP contribution is 2.27. The molecule has 0 aromatic heterocycles. The Bertz CT molecular complexity index is 534. The van der Waals surface area contributed by atoms with Gasteiger partial charge in [-0.1, -0.05) is 18.2 Å². The van der Waals surface area contributed by atoms with Crippen molar-refractivity contribution < 1.29 is 9.59 Å². The Kier molecular flexibility index (Phi) is 5.28. The Morgan fingerprint density at radius 3 is 2.39 bits per heavy atom. The van der Waals surface area contributed by atoms with E-state index in [0.717, 1.165) is 38.4 Å². The molecule has 5 nitrogen and oxygen atoms in total. The number of nitrogens with one attached hydrogen (secondary N) is 2. The minimum absolute atomic E-state index is 0.00812. The van der Waals surface area contributed by atoms with Crippen LogP contribution in [0.3, 0.4) is 0 Å². The van der Waals surface area contributed by atoms with Crippen molar-refractivity contribution in [1.29, 1.82) is 0 Å². The highest BCUT2D eigenvalue weighted by Gasteiger charge is 2.24. The molecular weight excluding hydrogens is 290 g/mol. The number of amides is 2. The normalized spacial score (nSPS) is 19.3. The number of hydrogen-bond acceptors (Lipinski definition) is 3. The van der Waals surface area contributed by atoms with Crippen molar-refractivity contribution in [1.82, 2.24) is 15.5 Å². The van der Waals surface area contributed by atoms with Crippen molar-refractivity contribution in [2.45, 2.75) is 31.7 Å². The summed E-state index contributed by atoms with van der Waals surface area (Å²) in [4.78, 5) is 26.2. The van der Waals surface area contributed by atoms with Gasteiger partial charge in [0, 0.05) is 31.2 Å². The second kappa shape index (κ2) is 7.59. The quantitative estimate of drug-likeness (QED) is 0.834. The molecule has 1 aromatic carbocycles. The van der Waals surface area contributed by atoms with Gasteiger partial charge in [-0.15, -0.1) is 0 Å². The molecule has 0 unspecified atom stereocenters. The molecule has 5 heteroatoms. The van der Waals surface area contributed by atoms with E-state index in [9.17, 15) is 9.59 Å². The molecule has 1 aliphatic carbocycles. The van der Waals surface area contributed by atoms with E-state index in [4.69, 9.17) is 0 Å². The Labute approximate surface area is 137 Å². The molecule has 0 bridgehead atoms. The van der Waals surface area contributed by atoms with Gasteiger partial charge in [0.1, 0.15) is 0 Å². The zero-order chi connectivity index (χ0) is 16.1. The van der Waals surface area contributed by atoms with Gasteiger partial charge in [0.15, 0.2) is 0 Å². The molecule has 2 aliphatic rings. The Morgan fingerprint density at radius 1 is 1.04 bits per heavy atom. The Balaban J connectivity index is 1.36. The number of nitrogens with zero attached hydrogens (tertiary/aromatic N) is 1. The second-order valence-corrected chi connectivity index (χ2v) is 6.64. The smallest absolute Gasteiger partial charge is 0.251 e. The van der Waals surface area contributed by atoms with Gasteiger partial charge in [0.05, 0.1) is 6.54 Å². The highest BCUT2D eigenvalue weighted by molar-refractivity contribution is 5.94. The maximum atomic E-state index is 12.1. The van der Waals surface area contributed by atoms with E-state index in [1.165, 1.54) is 12.8 Å². The van der Waals surface area contributed by atoms with Crippen LogP contribution in [0.4, 0.5) is 0 Å². The summed E-state index contributed by atoms with van der Waals surface area (Å²) in [7, 11) is 0. The first-order valence-electron chi connectivity index (χ1n) is 8.55. The van der Waals surface area contributed by atoms with E-state index in [1.807, 2.05) is 30.3 Å². The predicted molar refractivity (Wildman–Crippen MR) is 89.1 cm³/mol. The fourth-order valence-corrected chi connectivity index (χ4v) is 2.93. The summed E-state index contributed by atoms with van der Waals surface area (Å²) in [6.45, 7) is 3.03. The SMILES string of the molecule is O=C(CN1CCC(NC(=O)c2ccccc2)CC1)NCC1CC1. The van der Waals surface area contributed by atoms with E-state index in [1.54, 1.807) is 0 Å². The third-order valence-electron chi connectivity index (χ3n) is 4.61. The first-order valence-corrected chi connectivity index (χ1v) is 8.55. The predicted octanol–water partition coefficient (Wildman–Crippen LogP) is 1.41. The molecule has 3 rings (SSSR count). The van der Waals surface area contributed by atoms with Gasteiger partial charge >= 0.3 is 0 Å². The zero-order valence-corrected chi connectivity index (χ0v) is 13.5. The lowest BCUT2D eigenvalue weighted by atomic mass is 10.0. The Hall–Kier alpha value is -1.88. The first kappa shape index (κ1) is 16.0. The number of piperidine rings is 1. The summed E-state index contributed by atoms with van der Waals surface area (Å²) in [6.07, 6.45) is 4.31. The minimum atomic E-state index is -0.00812. The van der Waals surface area contributed by atoms with Gasteiger partial charge in [-0.2, -0.15) is 0 Å². The van der Waals surface area contributed by atoms with Crippen molar-refractivity contribution in [3.05, 3.63) is 35.9 Å². The van der Waals surface area contributed by atoms with Crippen LogP contribution in [0.5, 0.6) is 0 Å². The average molecular weight is 315 g/mol. The van der Waals surface area contributed by atoms with Gasteiger partial charge in [-0.05, 0) is 43.7 Å². The van der Waals surface area contributed by atoms with Gasteiger partial charge in [0.25, 0.3) is 5.91 Å². The number of carbonyl (C=O) groups excluding carboxylic acids is 2. The van der Waals surface area contributed by atoms with Crippen LogP contribution in [0.1, 0.15) is 36.0 Å². The second-order valence-electron chi connectivity index (χ2n) is 6.64. The number of hydrogen-bond donors (Lipinski definition) is 2. The van der Waals surface area contributed by atoms with Crippen LogP contribution in [-0.2, 0) is 4.79 Å². The summed E-state index contributed by atoms with van der Waals surface area (Å²) in [5.74, 6) is 0.841. The van der Waals surface area contributed by atoms with Crippen molar-refractivity contribution in [3.63, 3.8) is 0 Å². The molecule has 1 saturated carbocycles. The van der Waals surface area contributed by atoms with Gasteiger partial charge < -0.3 is 10.6 Å². The summed E-state index contributed by atoms with van der Waals surface area (Å²) < 4.78 is 0. The van der Waals surface area contributed by atoms with E-state index < -0.39 is 0 Å². The lowest BCUT2D eigenvalue weighted by Gasteiger charge is -2.31. The third-order valence-corrected chi connectivity index (χ3v) is 4.61. The first-order chi connectivity index (χ1) is 11.2. The maximum absolute atomic E-state index is 12.1. The summed E-state index contributed by atoms with van der Waals surface area (Å²) in [6, 6.07) is 9.51. The monoisotopic (exact) mass is 315 g/mol. The summed E-state index contributed by atoms with van der Waals surface area (Å²) in [5.41, 5.74) is 0.703. The van der Waals surface area contributed by atoms with Crippen LogP contribution in [0.15, 0.2) is 30.3 Å². The summed E-state index contributed by atoms with van der Waals surface area (Å²) >= 11 is 0. The van der Waals surface area contributed by atoms with Crippen molar-refractivity contribution in [2.24, 2.45) is 5.92 Å². The van der Waals surface area contributed by atoms with Gasteiger partial charge in [-0.25, -0.2) is 0 Å². The number of likely N-dealkylation sites (tertiary alicyclic amines) is 1. The van der Waals surface area contributed by atoms with Crippen LogP contribution in [-0.4, -0.2) is 48.9 Å². The number of carbonyl (C=O) groups is 2. The number of rotatable bonds is 6. The van der Waals surface area contributed by atoms with Crippen molar-refractivity contribution in [3.8, 4) is 0 Å². The molecule has 0 atom stereocenters. The van der Waals surface area contributed by atoms with E-state index in [0.29, 0.717) is 12.1 Å². The molecule has 1 aliphatic heterocycles. The molecule has 1 saturated heterocycles. The zero-order valence-electron chi connectivity index (χ0n) is 13.5. The summed E-state index contributed by atoms with van der Waals surface area (Å²) in [5, 5.41) is 6.10. The average Bonchev–Trinajstić information content (AvgIpc) is 3.40. The molecule has 23 heavy (non-hydrogen) atoms. The minimum Gasteiger partial charge on any atom is -0.355 e. The van der Waals surface area contributed by atoms with Gasteiger partial charge in [0.2, 0.25) is 5.91 Å². The fraction of sp³-hybridized carbons (Fsp3) is 0.556. The third kappa shape index (κ3) is 5.06. The van der Waals surface area contributed by atoms with Crippen LogP contribution in [0.25, 0.3) is 0 Å². The largest absolute Gasteiger partial charge is 0.355 e. The van der Waals surface area contributed by atoms with E-state index >= 15 is 0 Å². The molecule has 2 amide bonds. The molecule has 2 N–H and O–H groups in total. The van der Waals surface area contributed by atoms with Gasteiger partial charge in [-0.3, -0.25) is 14.5 Å². The molecular formula is C18H25N3O2. The van der Waals surface area contributed by atoms with Crippen LogP contribution in [0, 0.1) is 5.92 Å². The number of benzene rings is 1. The molecule has 0 radical (unpaired) electrons. The lowest BCUT2D eigenvalue weighted by molar-refractivity contribution is -0.122. The topological polar surface area (TPSA) is 61.4 Å². The van der Waals surface area contributed by atoms with E-state index in [-0.39, 0.29) is 17.9 Å². The van der Waals surface area contributed by atoms with Crippen LogP contribution in [0.2, 0.25) is 0 Å². The molecule has 1 aromatic rings. The van der Waals surface area contributed by atoms with Crippen LogP contribution >= 0.6 is 0 Å². The van der Waals surface area contributed by atoms with E-state index in [2.05, 4.69) is 15.5 Å². The highest BCUT2D eigenvalue weighted by atomic mass is 16.2. The van der Waals surface area contributed by atoms with Crippen LogP contribution < -0.4 is 10.6 Å². The fourth-order valence-electron chi connectivity index (χ4n) is 2.93. The van der Waals surface area contributed by atoms with Crippen molar-refractivity contribution >= 4 is 11.8 Å². The molecule has 1 heterocycles. The maximum Gasteiger partial charge on any atom is 0.251 e. The molecule has 2 fully saturated rings. The Morgan fingerprint density at radius 2 is 1.74 bits per heavy atom.